The number of aromatic nitrogens is 3. The van der Waals surface area contributed by atoms with Crippen molar-refractivity contribution < 1.29 is 9.18 Å². The number of amides is 1. The number of fused-ring (bicyclic) bond motifs is 3. The number of carbonyl (C=O) groups is 1. The molecule has 5 rings (SSSR count). The van der Waals surface area contributed by atoms with Crippen molar-refractivity contribution in [1.82, 2.24) is 24.8 Å². The van der Waals surface area contributed by atoms with Crippen LogP contribution in [-0.4, -0.2) is 58.1 Å². The Hall–Kier alpha value is -3.46. The van der Waals surface area contributed by atoms with Crippen molar-refractivity contribution in [1.29, 1.82) is 0 Å². The molecule has 0 aliphatic heterocycles. The molecule has 4 atom stereocenters. The van der Waals surface area contributed by atoms with Gasteiger partial charge in [0.05, 0.1) is 17.6 Å². The van der Waals surface area contributed by atoms with Crippen LogP contribution in [0.3, 0.4) is 0 Å². The molecule has 3 aromatic rings. The van der Waals surface area contributed by atoms with Crippen molar-refractivity contribution in [2.24, 2.45) is 17.8 Å². The van der Waals surface area contributed by atoms with Crippen LogP contribution in [0.1, 0.15) is 20.3 Å². The summed E-state index contributed by atoms with van der Waals surface area (Å²) < 4.78 is 17.0. The van der Waals surface area contributed by atoms with E-state index in [1.165, 1.54) is 6.20 Å². The lowest BCUT2D eigenvalue weighted by Crippen LogP contribution is -2.45. The highest BCUT2D eigenvalue weighted by Crippen LogP contribution is 2.45. The molecule has 0 spiro atoms. The molecule has 0 saturated heterocycles. The SMILES string of the molecule is CC(C)NC(=O)C1C2C=CC(C2)C1Nc1nc(Nc2ccc3ccn(CCN(C)C)c3c2)ncc1F. The fourth-order valence-corrected chi connectivity index (χ4v) is 5.34. The van der Waals surface area contributed by atoms with Gasteiger partial charge in [-0.3, -0.25) is 4.79 Å². The molecular weight excluding hydrogens is 457 g/mol. The van der Waals surface area contributed by atoms with Crippen molar-refractivity contribution in [3.05, 3.63) is 54.6 Å². The molecule has 2 aliphatic rings. The van der Waals surface area contributed by atoms with E-state index >= 15 is 0 Å². The minimum Gasteiger partial charge on any atom is -0.363 e. The number of halogens is 1. The van der Waals surface area contributed by atoms with Gasteiger partial charge in [0.15, 0.2) is 11.6 Å². The Bertz CT molecular complexity index is 1280. The van der Waals surface area contributed by atoms with E-state index in [0.29, 0.717) is 5.95 Å². The van der Waals surface area contributed by atoms with E-state index in [0.717, 1.165) is 36.1 Å². The lowest BCUT2D eigenvalue weighted by Gasteiger charge is -2.29. The van der Waals surface area contributed by atoms with Crippen LogP contribution >= 0.6 is 0 Å². The molecule has 8 nitrogen and oxygen atoms in total. The van der Waals surface area contributed by atoms with Gasteiger partial charge in [0.1, 0.15) is 0 Å². The number of carbonyl (C=O) groups excluding carboxylic acids is 1. The Morgan fingerprint density at radius 2 is 2.03 bits per heavy atom. The summed E-state index contributed by atoms with van der Waals surface area (Å²) in [5.74, 6) is -0.0698. The van der Waals surface area contributed by atoms with Crippen LogP contribution in [0.2, 0.25) is 0 Å². The largest absolute Gasteiger partial charge is 0.363 e. The zero-order valence-corrected chi connectivity index (χ0v) is 21.2. The summed E-state index contributed by atoms with van der Waals surface area (Å²) in [7, 11) is 4.12. The zero-order valence-electron chi connectivity index (χ0n) is 21.2. The van der Waals surface area contributed by atoms with Crippen molar-refractivity contribution in [3.8, 4) is 0 Å². The number of benzene rings is 1. The monoisotopic (exact) mass is 491 g/mol. The summed E-state index contributed by atoms with van der Waals surface area (Å²) in [6.07, 6.45) is 8.38. The fraction of sp³-hybridized carbons (Fsp3) is 0.444. The van der Waals surface area contributed by atoms with Crippen molar-refractivity contribution in [2.75, 3.05) is 31.3 Å². The van der Waals surface area contributed by atoms with Crippen LogP contribution < -0.4 is 16.0 Å². The van der Waals surface area contributed by atoms with Gasteiger partial charge in [0.25, 0.3) is 0 Å². The van der Waals surface area contributed by atoms with E-state index in [1.807, 2.05) is 26.0 Å². The van der Waals surface area contributed by atoms with Gasteiger partial charge in [-0.25, -0.2) is 9.37 Å². The summed E-state index contributed by atoms with van der Waals surface area (Å²) >= 11 is 0. The summed E-state index contributed by atoms with van der Waals surface area (Å²) in [5.41, 5.74) is 1.93. The van der Waals surface area contributed by atoms with E-state index in [-0.39, 0.29) is 41.6 Å². The number of nitrogens with zero attached hydrogens (tertiary/aromatic N) is 4. The molecule has 1 saturated carbocycles. The average Bonchev–Trinajstić information content (AvgIpc) is 3.54. The van der Waals surface area contributed by atoms with Gasteiger partial charge in [0, 0.05) is 37.1 Å². The second kappa shape index (κ2) is 9.89. The van der Waals surface area contributed by atoms with E-state index in [9.17, 15) is 9.18 Å². The molecule has 190 valence electrons. The van der Waals surface area contributed by atoms with Crippen molar-refractivity contribution in [3.63, 3.8) is 0 Å². The minimum atomic E-state index is -0.539. The predicted octanol–water partition coefficient (Wildman–Crippen LogP) is 4.00. The van der Waals surface area contributed by atoms with Crippen LogP contribution in [0, 0.1) is 23.6 Å². The van der Waals surface area contributed by atoms with Gasteiger partial charge >= 0.3 is 0 Å². The Kier molecular flexibility index (Phi) is 6.66. The molecule has 1 amide bonds. The average molecular weight is 492 g/mol. The molecule has 2 bridgehead atoms. The highest BCUT2D eigenvalue weighted by molar-refractivity contribution is 5.84. The Morgan fingerprint density at radius 1 is 1.22 bits per heavy atom. The smallest absolute Gasteiger partial charge is 0.229 e. The number of rotatable bonds is 9. The lowest BCUT2D eigenvalue weighted by molar-refractivity contribution is -0.126. The van der Waals surface area contributed by atoms with Gasteiger partial charge in [-0.05, 0) is 69.8 Å². The third kappa shape index (κ3) is 4.93. The van der Waals surface area contributed by atoms with Crippen molar-refractivity contribution in [2.45, 2.75) is 38.9 Å². The maximum Gasteiger partial charge on any atom is 0.229 e. The molecule has 2 aromatic heterocycles. The maximum atomic E-state index is 14.8. The standard InChI is InChI=1S/C27H34FN7O/c1-16(2)30-26(36)23-18-5-6-19(13-18)24(23)32-25-21(28)15-29-27(33-25)31-20-8-7-17-9-10-35(22(17)14-20)12-11-34(3)4/h5-10,14-16,18-19,23-24H,11-13H2,1-4H3,(H,30,36)(H2,29,31,32,33). The number of hydrogen-bond acceptors (Lipinski definition) is 6. The molecule has 2 aliphatic carbocycles. The molecule has 1 aromatic carbocycles. The third-order valence-electron chi connectivity index (χ3n) is 7.06. The van der Waals surface area contributed by atoms with E-state index in [4.69, 9.17) is 0 Å². The highest BCUT2D eigenvalue weighted by Gasteiger charge is 2.48. The van der Waals surface area contributed by atoms with Crippen LogP contribution in [-0.2, 0) is 11.3 Å². The predicted molar refractivity (Wildman–Crippen MR) is 141 cm³/mol. The number of likely N-dealkylation sites (N-methyl/N-ethyl adjacent to an activating group) is 1. The van der Waals surface area contributed by atoms with Gasteiger partial charge in [-0.1, -0.05) is 18.2 Å². The van der Waals surface area contributed by atoms with Crippen molar-refractivity contribution >= 4 is 34.3 Å². The minimum absolute atomic E-state index is 0.00210. The summed E-state index contributed by atoms with van der Waals surface area (Å²) in [6.45, 7) is 5.71. The molecule has 1 fully saturated rings. The second-order valence-corrected chi connectivity index (χ2v) is 10.4. The fourth-order valence-electron chi connectivity index (χ4n) is 5.34. The highest BCUT2D eigenvalue weighted by atomic mass is 19.1. The molecule has 4 unspecified atom stereocenters. The second-order valence-electron chi connectivity index (χ2n) is 10.4. The Labute approximate surface area is 211 Å². The number of hydrogen-bond donors (Lipinski definition) is 3. The molecule has 3 N–H and O–H groups in total. The third-order valence-corrected chi connectivity index (χ3v) is 7.06. The van der Waals surface area contributed by atoms with Crippen LogP contribution in [0.4, 0.5) is 21.8 Å². The number of anilines is 3. The van der Waals surface area contributed by atoms with Crippen LogP contribution in [0.25, 0.3) is 10.9 Å². The Balaban J connectivity index is 1.35. The van der Waals surface area contributed by atoms with E-state index in [2.05, 4.69) is 80.0 Å². The quantitative estimate of drug-likeness (QED) is 0.392. The van der Waals surface area contributed by atoms with Gasteiger partial charge in [-0.2, -0.15) is 4.98 Å². The molecule has 36 heavy (non-hydrogen) atoms. The summed E-state index contributed by atoms with van der Waals surface area (Å²) in [6, 6.07) is 8.00. The first-order chi connectivity index (χ1) is 17.3. The van der Waals surface area contributed by atoms with Gasteiger partial charge in [-0.15, -0.1) is 0 Å². The van der Waals surface area contributed by atoms with Crippen LogP contribution in [0.15, 0.2) is 48.8 Å². The first-order valence-electron chi connectivity index (χ1n) is 12.6. The molecule has 2 heterocycles. The molecule has 9 heteroatoms. The summed E-state index contributed by atoms with van der Waals surface area (Å²) in [4.78, 5) is 23.7. The molecule has 0 radical (unpaired) electrons. The first kappa shape index (κ1) is 24.2. The van der Waals surface area contributed by atoms with E-state index < -0.39 is 5.82 Å². The number of nitrogens with one attached hydrogen (secondary N) is 3. The zero-order chi connectivity index (χ0) is 25.4. The van der Waals surface area contributed by atoms with Gasteiger partial charge in [0.2, 0.25) is 11.9 Å². The normalized spacial score (nSPS) is 22.6. The Morgan fingerprint density at radius 3 is 2.81 bits per heavy atom. The lowest BCUT2D eigenvalue weighted by atomic mass is 9.88. The molecular formula is C27H34FN7O. The van der Waals surface area contributed by atoms with Gasteiger partial charge < -0.3 is 25.4 Å². The topological polar surface area (TPSA) is 87.1 Å². The number of allylic oxidation sites excluding steroid dienone is 1. The van der Waals surface area contributed by atoms with Crippen LogP contribution in [0.5, 0.6) is 0 Å². The van der Waals surface area contributed by atoms with E-state index in [1.54, 1.807) is 0 Å². The first-order valence-corrected chi connectivity index (χ1v) is 12.6. The summed E-state index contributed by atoms with van der Waals surface area (Å²) in [5, 5.41) is 10.6. The maximum absolute atomic E-state index is 14.8.